The Balaban J connectivity index is 1.53. The molecule has 0 unspecified atom stereocenters. The molecule has 3 N–H and O–H groups in total. The van der Waals surface area contributed by atoms with Gasteiger partial charge in [0.2, 0.25) is 17.7 Å². The first-order chi connectivity index (χ1) is 23.8. The molecule has 1 aliphatic heterocycles. The first kappa shape index (κ1) is 36.4. The number of hydrogen-bond acceptors (Lipinski definition) is 9. The van der Waals surface area contributed by atoms with Gasteiger partial charge in [-0.05, 0) is 50.2 Å². The van der Waals surface area contributed by atoms with E-state index < -0.39 is 24.0 Å². The molecule has 0 radical (unpaired) electrons. The third-order valence-electron chi connectivity index (χ3n) is 8.42. The van der Waals surface area contributed by atoms with Crippen molar-refractivity contribution in [3.05, 3.63) is 81.6 Å². The van der Waals surface area contributed by atoms with E-state index in [0.717, 1.165) is 11.3 Å². The predicted octanol–water partition coefficient (Wildman–Crippen LogP) is 3.15. The number of nitrogens with zero attached hydrogens (tertiary/aromatic N) is 7. The lowest BCUT2D eigenvalue weighted by Gasteiger charge is -2.31. The van der Waals surface area contributed by atoms with Gasteiger partial charge >= 0.3 is 0 Å². The van der Waals surface area contributed by atoms with Crippen LogP contribution >= 0.6 is 11.3 Å². The summed E-state index contributed by atoms with van der Waals surface area (Å²) < 4.78 is 3.05. The maximum absolute atomic E-state index is 13.8. The van der Waals surface area contributed by atoms with Gasteiger partial charge in [0.25, 0.3) is 5.91 Å². The molecule has 0 fully saturated rings. The number of aromatic nitrogens is 6. The minimum absolute atomic E-state index is 0.0648. The predicted molar refractivity (Wildman–Crippen MR) is 188 cm³/mol. The minimum atomic E-state index is -0.631. The Bertz CT molecular complexity index is 1800. The number of thiazole rings is 1. The Labute approximate surface area is 296 Å². The van der Waals surface area contributed by atoms with E-state index in [-0.39, 0.29) is 61.4 Å². The fourth-order valence-electron chi connectivity index (χ4n) is 5.89. The van der Waals surface area contributed by atoms with E-state index in [1.807, 2.05) is 65.0 Å². The minimum Gasteiger partial charge on any atom is -0.350 e. The first-order valence-electron chi connectivity index (χ1n) is 16.9. The molecule has 266 valence electrons. The van der Waals surface area contributed by atoms with E-state index in [9.17, 15) is 19.2 Å². The summed E-state index contributed by atoms with van der Waals surface area (Å²) in [5.74, 6) is -0.443. The smallest absolute Gasteiger partial charge is 0.271 e. The molecule has 1 aliphatic rings. The second-order valence-corrected chi connectivity index (χ2v) is 14.4. The molecule has 3 atom stereocenters. The van der Waals surface area contributed by atoms with Crippen molar-refractivity contribution >= 4 is 35.0 Å². The summed E-state index contributed by atoms with van der Waals surface area (Å²) in [6.07, 6.45) is 2.69. The number of nitrogens with one attached hydrogen (secondary N) is 3. The van der Waals surface area contributed by atoms with Gasteiger partial charge in [-0.3, -0.25) is 23.9 Å². The highest BCUT2D eigenvalue weighted by atomic mass is 32.1. The van der Waals surface area contributed by atoms with E-state index in [1.165, 1.54) is 25.6 Å². The largest absolute Gasteiger partial charge is 0.350 e. The molecular formula is C35H46N10O4S. The van der Waals surface area contributed by atoms with Gasteiger partial charge < -0.3 is 20.9 Å². The lowest BCUT2D eigenvalue weighted by Crippen LogP contribution is -2.52. The summed E-state index contributed by atoms with van der Waals surface area (Å²) in [6, 6.07) is 9.90. The Hall–Kier alpha value is -4.92. The van der Waals surface area contributed by atoms with Crippen molar-refractivity contribution in [1.82, 2.24) is 50.4 Å². The molecule has 3 aromatic heterocycles. The van der Waals surface area contributed by atoms with Gasteiger partial charge in [-0.1, -0.05) is 58.0 Å². The zero-order chi connectivity index (χ0) is 35.9. The summed E-state index contributed by atoms with van der Waals surface area (Å²) in [6.45, 7) is 11.2. The molecule has 0 aliphatic carbocycles. The van der Waals surface area contributed by atoms with Crippen LogP contribution in [0.1, 0.15) is 84.6 Å². The Morgan fingerprint density at radius 3 is 2.34 bits per heavy atom. The Kier molecular flexibility index (Phi) is 11.8. The van der Waals surface area contributed by atoms with Crippen LogP contribution in [0.2, 0.25) is 0 Å². The summed E-state index contributed by atoms with van der Waals surface area (Å²) in [5, 5.41) is 20.4. The quantitative estimate of drug-likeness (QED) is 0.264. The van der Waals surface area contributed by atoms with Gasteiger partial charge in [0.15, 0.2) is 5.82 Å². The molecule has 4 heterocycles. The van der Waals surface area contributed by atoms with Crippen LogP contribution in [-0.2, 0) is 33.9 Å². The number of benzene rings is 1. The van der Waals surface area contributed by atoms with Crippen molar-refractivity contribution in [1.29, 1.82) is 0 Å². The number of rotatable bonds is 7. The van der Waals surface area contributed by atoms with Crippen LogP contribution in [0.3, 0.4) is 0 Å². The topological polar surface area (TPSA) is 169 Å². The molecule has 4 amide bonds. The number of hydrogen-bond donors (Lipinski definition) is 3. The first-order valence-corrected chi connectivity index (χ1v) is 17.8. The van der Waals surface area contributed by atoms with Crippen molar-refractivity contribution in [2.75, 3.05) is 13.1 Å². The van der Waals surface area contributed by atoms with Crippen molar-refractivity contribution in [2.24, 2.45) is 11.8 Å². The summed E-state index contributed by atoms with van der Waals surface area (Å²) in [7, 11) is 0. The van der Waals surface area contributed by atoms with Crippen LogP contribution in [0, 0.1) is 25.7 Å². The molecular weight excluding hydrogens is 657 g/mol. The van der Waals surface area contributed by atoms with Crippen LogP contribution < -0.4 is 16.0 Å². The zero-order valence-corrected chi connectivity index (χ0v) is 30.2. The molecule has 1 aromatic carbocycles. The van der Waals surface area contributed by atoms with E-state index in [4.69, 9.17) is 0 Å². The standard InChI is InChI=1S/C35H46N10O4S/c1-21(2)14-27-35-40-29(20-50-35)34(49)39-26(15-25-10-8-7-9-11-25)33-36-24(6)42-45(33)18-31(47)38-28(22(3)4)16-43(17-30(46)37-27)32(48)19-44-13-12-23(5)41-44/h7-13,20-22,26-28H,14-19H2,1-6H3,(H,37,46)(H,38,47)(H,39,49)/t26-,27-,28+/m0/s1. The van der Waals surface area contributed by atoms with Crippen molar-refractivity contribution in [2.45, 2.75) is 85.6 Å². The van der Waals surface area contributed by atoms with Gasteiger partial charge in [-0.25, -0.2) is 14.6 Å². The molecule has 2 bridgehead atoms. The average molecular weight is 703 g/mol. The Morgan fingerprint density at radius 2 is 1.66 bits per heavy atom. The highest BCUT2D eigenvalue weighted by Crippen LogP contribution is 2.26. The molecule has 50 heavy (non-hydrogen) atoms. The van der Waals surface area contributed by atoms with Gasteiger partial charge in [-0.15, -0.1) is 11.3 Å². The van der Waals surface area contributed by atoms with E-state index in [0.29, 0.717) is 29.5 Å². The van der Waals surface area contributed by atoms with Crippen LogP contribution in [-0.4, -0.2) is 77.2 Å². The monoisotopic (exact) mass is 702 g/mol. The fourth-order valence-corrected chi connectivity index (χ4v) is 6.75. The lowest BCUT2D eigenvalue weighted by molar-refractivity contribution is -0.138. The third-order valence-corrected chi connectivity index (χ3v) is 9.38. The molecule has 14 nitrogen and oxygen atoms in total. The highest BCUT2D eigenvalue weighted by molar-refractivity contribution is 7.09. The number of carbonyl (C=O) groups excluding carboxylic acids is 4. The maximum atomic E-state index is 13.8. The molecule has 15 heteroatoms. The van der Waals surface area contributed by atoms with Gasteiger partial charge in [-0.2, -0.15) is 10.2 Å². The summed E-state index contributed by atoms with van der Waals surface area (Å²) in [4.78, 5) is 65.6. The van der Waals surface area contributed by atoms with E-state index in [2.05, 4.69) is 36.1 Å². The summed E-state index contributed by atoms with van der Waals surface area (Å²) >= 11 is 1.30. The lowest BCUT2D eigenvalue weighted by atomic mass is 10.0. The van der Waals surface area contributed by atoms with Crippen LogP contribution in [0.4, 0.5) is 0 Å². The molecule has 0 saturated heterocycles. The van der Waals surface area contributed by atoms with Crippen LogP contribution in [0.5, 0.6) is 0 Å². The SMILES string of the molecule is Cc1ccn(CC(=O)N2CC(=O)N[C@@H](CC(C)C)c3nc(cs3)C(=O)N[C@@H](Cc3ccccc3)c3nc(C)nn3CC(=O)N[C@@H](C(C)C)C2)n1. The molecule has 0 saturated carbocycles. The van der Waals surface area contributed by atoms with E-state index in [1.54, 1.807) is 24.6 Å². The number of aryl methyl sites for hydroxylation is 2. The second kappa shape index (κ2) is 16.2. The van der Waals surface area contributed by atoms with Gasteiger partial charge in [0.1, 0.15) is 29.6 Å². The molecule has 4 aromatic rings. The summed E-state index contributed by atoms with van der Waals surface area (Å²) in [5.41, 5.74) is 1.94. The molecule has 0 spiro atoms. The van der Waals surface area contributed by atoms with Crippen molar-refractivity contribution in [3.8, 4) is 0 Å². The average Bonchev–Trinajstić information content (AvgIpc) is 3.79. The fraction of sp³-hybridized carbons (Fsp3) is 0.486. The molecule has 5 rings (SSSR count). The third kappa shape index (κ3) is 9.61. The highest BCUT2D eigenvalue weighted by Gasteiger charge is 2.30. The van der Waals surface area contributed by atoms with E-state index >= 15 is 0 Å². The van der Waals surface area contributed by atoms with Crippen molar-refractivity contribution in [3.63, 3.8) is 0 Å². The van der Waals surface area contributed by atoms with Crippen LogP contribution in [0.25, 0.3) is 0 Å². The maximum Gasteiger partial charge on any atom is 0.271 e. The van der Waals surface area contributed by atoms with Gasteiger partial charge in [0, 0.05) is 24.2 Å². The Morgan fingerprint density at radius 1 is 0.920 bits per heavy atom. The second-order valence-electron chi connectivity index (χ2n) is 13.6. The van der Waals surface area contributed by atoms with Crippen LogP contribution in [0.15, 0.2) is 48.0 Å². The zero-order valence-electron chi connectivity index (χ0n) is 29.4. The number of carbonyl (C=O) groups is 4. The number of amides is 4. The number of fused-ring (bicyclic) bond motifs is 3. The van der Waals surface area contributed by atoms with Crippen molar-refractivity contribution < 1.29 is 19.2 Å². The van der Waals surface area contributed by atoms with Gasteiger partial charge in [0.05, 0.1) is 24.3 Å². The normalized spacial score (nSPS) is 19.4.